The van der Waals surface area contributed by atoms with Gasteiger partial charge in [-0.2, -0.15) is 5.06 Å². The minimum atomic E-state index is -0.493. The molecule has 0 saturated carbocycles. The summed E-state index contributed by atoms with van der Waals surface area (Å²) < 4.78 is 5.22. The van der Waals surface area contributed by atoms with E-state index in [1.807, 2.05) is 26.0 Å². The Morgan fingerprint density at radius 3 is 2.77 bits per heavy atom. The summed E-state index contributed by atoms with van der Waals surface area (Å²) in [6.07, 6.45) is 0. The summed E-state index contributed by atoms with van der Waals surface area (Å²) >= 11 is 0. The van der Waals surface area contributed by atoms with Crippen LogP contribution >= 0.6 is 0 Å². The van der Waals surface area contributed by atoms with Crippen molar-refractivity contribution >= 4 is 16.7 Å². The van der Waals surface area contributed by atoms with Crippen LogP contribution in [0.5, 0.6) is 5.75 Å². The molecule has 0 bridgehead atoms. The van der Waals surface area contributed by atoms with Gasteiger partial charge >= 0.3 is 0 Å². The Hall–Kier alpha value is -2.64. The fourth-order valence-electron chi connectivity index (χ4n) is 2.55. The van der Waals surface area contributed by atoms with E-state index in [2.05, 4.69) is 16.9 Å². The smallest absolute Gasteiger partial charge is 0.274 e. The van der Waals surface area contributed by atoms with Crippen molar-refractivity contribution in [1.82, 2.24) is 15.4 Å². The first-order valence-electron chi connectivity index (χ1n) is 8.33. The summed E-state index contributed by atoms with van der Waals surface area (Å²) in [6.45, 7) is 8.50. The molecule has 0 spiro atoms. The molecule has 0 atom stereocenters. The van der Waals surface area contributed by atoms with Crippen LogP contribution in [0.15, 0.2) is 30.5 Å². The zero-order chi connectivity index (χ0) is 19.3. The molecule has 0 unspecified atom stereocenters. The number of carbonyl (C=O) groups is 1. The van der Waals surface area contributed by atoms with Crippen molar-refractivity contribution in [3.63, 3.8) is 0 Å². The highest BCUT2D eigenvalue weighted by molar-refractivity contribution is 6.02. The van der Waals surface area contributed by atoms with E-state index in [1.54, 1.807) is 25.3 Å². The van der Waals surface area contributed by atoms with Gasteiger partial charge in [0, 0.05) is 17.8 Å². The molecule has 7 nitrogen and oxygen atoms in total. The minimum Gasteiger partial charge on any atom is -0.505 e. The predicted molar refractivity (Wildman–Crippen MR) is 99.7 cm³/mol. The number of nitrogens with zero attached hydrogens (tertiary/aromatic N) is 2. The number of pyridine rings is 1. The number of hydrogen-bond acceptors (Lipinski definition) is 6. The molecule has 2 aromatic rings. The van der Waals surface area contributed by atoms with Crippen LogP contribution in [-0.4, -0.2) is 48.4 Å². The van der Waals surface area contributed by atoms with E-state index >= 15 is 0 Å². The Kier molecular flexibility index (Phi) is 6.54. The normalized spacial score (nSPS) is 11.0. The number of fused-ring (bicyclic) bond motifs is 1. The molecule has 140 valence electrons. The van der Waals surface area contributed by atoms with Gasteiger partial charge in [-0.05, 0) is 19.9 Å². The van der Waals surface area contributed by atoms with Crippen LogP contribution in [0.2, 0.25) is 0 Å². The highest BCUT2D eigenvalue weighted by atomic mass is 16.7. The minimum absolute atomic E-state index is 0.0369. The number of ether oxygens (including phenoxy) is 1. The van der Waals surface area contributed by atoms with Crippen LogP contribution in [-0.2, 0) is 16.1 Å². The first-order valence-corrected chi connectivity index (χ1v) is 8.33. The number of carbonyl (C=O) groups excluding carboxylic acids is 1. The highest BCUT2D eigenvalue weighted by Crippen LogP contribution is 2.31. The fraction of sp³-hybridized carbons (Fsp3) is 0.368. The van der Waals surface area contributed by atoms with E-state index in [1.165, 1.54) is 0 Å². The third kappa shape index (κ3) is 4.50. The van der Waals surface area contributed by atoms with Crippen LogP contribution < -0.4 is 5.32 Å². The molecule has 0 aliphatic heterocycles. The summed E-state index contributed by atoms with van der Waals surface area (Å²) in [6, 6.07) is 5.60. The van der Waals surface area contributed by atoms with Crippen molar-refractivity contribution in [1.29, 1.82) is 0 Å². The number of rotatable bonds is 8. The van der Waals surface area contributed by atoms with Crippen LogP contribution in [0, 0.1) is 6.92 Å². The van der Waals surface area contributed by atoms with Gasteiger partial charge in [-0.25, -0.2) is 4.98 Å². The molecule has 1 aromatic carbocycles. The molecule has 2 N–H and O–H groups in total. The summed E-state index contributed by atoms with van der Waals surface area (Å²) in [5.41, 5.74) is 1.63. The fourth-order valence-corrected chi connectivity index (χ4v) is 2.55. The van der Waals surface area contributed by atoms with E-state index in [0.29, 0.717) is 30.0 Å². The molecule has 0 aliphatic rings. The Morgan fingerprint density at radius 2 is 2.12 bits per heavy atom. The SMILES string of the molecule is C=C(CNC(=O)c1nc(CN(C)OC)c2cc(C)ccc2c1O)OCC. The highest BCUT2D eigenvalue weighted by Gasteiger charge is 2.20. The average molecular weight is 359 g/mol. The van der Waals surface area contributed by atoms with Crippen LogP contribution in [0.4, 0.5) is 0 Å². The van der Waals surface area contributed by atoms with Crippen molar-refractivity contribution in [2.75, 3.05) is 27.3 Å². The second-order valence-electron chi connectivity index (χ2n) is 5.93. The van der Waals surface area contributed by atoms with Crippen molar-refractivity contribution < 1.29 is 19.5 Å². The topological polar surface area (TPSA) is 83.9 Å². The van der Waals surface area contributed by atoms with Crippen LogP contribution in [0.3, 0.4) is 0 Å². The maximum absolute atomic E-state index is 12.5. The van der Waals surface area contributed by atoms with Gasteiger partial charge in [-0.3, -0.25) is 4.79 Å². The number of hydroxylamine groups is 2. The Morgan fingerprint density at radius 1 is 1.38 bits per heavy atom. The molecular formula is C19H25N3O4. The molecular weight excluding hydrogens is 334 g/mol. The molecule has 1 heterocycles. The first kappa shape index (κ1) is 19.7. The number of aromatic hydroxyl groups is 1. The van der Waals surface area contributed by atoms with Gasteiger partial charge in [0.1, 0.15) is 5.76 Å². The third-order valence-corrected chi connectivity index (χ3v) is 3.91. The Bertz CT molecular complexity index is 820. The van der Waals surface area contributed by atoms with Crippen molar-refractivity contribution in [2.24, 2.45) is 0 Å². The summed E-state index contributed by atoms with van der Waals surface area (Å²) in [5, 5.41) is 16.2. The zero-order valence-electron chi connectivity index (χ0n) is 15.6. The maximum atomic E-state index is 12.5. The van der Waals surface area contributed by atoms with Gasteiger partial charge in [0.25, 0.3) is 5.91 Å². The van der Waals surface area contributed by atoms with Gasteiger partial charge in [-0.15, -0.1) is 0 Å². The quantitative estimate of drug-likeness (QED) is 0.557. The van der Waals surface area contributed by atoms with Crippen LogP contribution in [0.1, 0.15) is 28.7 Å². The second-order valence-corrected chi connectivity index (χ2v) is 5.93. The zero-order valence-corrected chi connectivity index (χ0v) is 15.6. The van der Waals surface area contributed by atoms with E-state index in [9.17, 15) is 9.90 Å². The second kappa shape index (κ2) is 8.64. The van der Waals surface area contributed by atoms with E-state index in [-0.39, 0.29) is 18.0 Å². The monoisotopic (exact) mass is 359 g/mol. The van der Waals surface area contributed by atoms with Gasteiger partial charge in [0.2, 0.25) is 0 Å². The Labute approximate surface area is 153 Å². The molecule has 7 heteroatoms. The lowest BCUT2D eigenvalue weighted by Crippen LogP contribution is -2.28. The molecule has 26 heavy (non-hydrogen) atoms. The number of amides is 1. The van der Waals surface area contributed by atoms with Gasteiger partial charge < -0.3 is 20.0 Å². The number of nitrogens with one attached hydrogen (secondary N) is 1. The van der Waals surface area contributed by atoms with Gasteiger partial charge in [0.15, 0.2) is 11.4 Å². The van der Waals surface area contributed by atoms with Crippen molar-refractivity contribution in [3.05, 3.63) is 47.5 Å². The number of aromatic nitrogens is 1. The van der Waals surface area contributed by atoms with Crippen molar-refractivity contribution in [3.8, 4) is 5.75 Å². The summed E-state index contributed by atoms with van der Waals surface area (Å²) in [7, 11) is 3.32. The van der Waals surface area contributed by atoms with Crippen molar-refractivity contribution in [2.45, 2.75) is 20.4 Å². The summed E-state index contributed by atoms with van der Waals surface area (Å²) in [5.74, 6) is -0.202. The molecule has 1 aromatic heterocycles. The predicted octanol–water partition coefficient (Wildman–Crippen LogP) is 2.52. The molecule has 1 amide bonds. The van der Waals surface area contributed by atoms with Crippen LogP contribution in [0.25, 0.3) is 10.8 Å². The van der Waals surface area contributed by atoms with E-state index in [0.717, 1.165) is 10.9 Å². The molecule has 0 fully saturated rings. The third-order valence-electron chi connectivity index (χ3n) is 3.91. The largest absolute Gasteiger partial charge is 0.505 e. The van der Waals surface area contributed by atoms with E-state index < -0.39 is 5.91 Å². The Balaban J connectivity index is 2.42. The number of benzene rings is 1. The summed E-state index contributed by atoms with van der Waals surface area (Å²) in [4.78, 5) is 22.1. The number of hydrogen-bond donors (Lipinski definition) is 2. The lowest BCUT2D eigenvalue weighted by Gasteiger charge is -2.17. The van der Waals surface area contributed by atoms with E-state index in [4.69, 9.17) is 9.57 Å². The van der Waals surface area contributed by atoms with Gasteiger partial charge in [-0.1, -0.05) is 24.3 Å². The lowest BCUT2D eigenvalue weighted by atomic mass is 10.0. The average Bonchev–Trinajstić information content (AvgIpc) is 2.62. The molecule has 0 saturated heterocycles. The number of aryl methyl sites for hydroxylation is 1. The standard InChI is InChI=1S/C19H25N3O4/c1-6-26-13(3)10-20-19(24)17-18(23)14-8-7-12(2)9-15(14)16(21-17)11-22(4)25-5/h7-9,23H,3,6,10-11H2,1-2,4-5H3,(H,20,24). The maximum Gasteiger partial charge on any atom is 0.274 e. The first-order chi connectivity index (χ1) is 12.4. The molecule has 0 aliphatic carbocycles. The molecule has 2 rings (SSSR count). The molecule has 0 radical (unpaired) electrons. The van der Waals surface area contributed by atoms with Gasteiger partial charge in [0.05, 0.1) is 32.5 Å². The lowest BCUT2D eigenvalue weighted by molar-refractivity contribution is -0.117.